The molecule has 1 aromatic carbocycles. The number of hydrazone groups is 1. The van der Waals surface area contributed by atoms with Crippen molar-refractivity contribution in [3.05, 3.63) is 29.8 Å². The van der Waals surface area contributed by atoms with Gasteiger partial charge in [-0.15, -0.1) is 0 Å². The Hall–Kier alpha value is -3.23. The Morgan fingerprint density at radius 3 is 2.33 bits per heavy atom. The van der Waals surface area contributed by atoms with E-state index in [4.69, 9.17) is 4.74 Å². The van der Waals surface area contributed by atoms with Gasteiger partial charge in [0.1, 0.15) is 0 Å². The van der Waals surface area contributed by atoms with E-state index < -0.39 is 17.8 Å². The first-order valence-corrected chi connectivity index (χ1v) is 10.1. The molecule has 0 saturated heterocycles. The summed E-state index contributed by atoms with van der Waals surface area (Å²) in [6.07, 6.45) is 4.93. The fourth-order valence-corrected chi connectivity index (χ4v) is 3.08. The molecule has 0 atom stereocenters. The van der Waals surface area contributed by atoms with Gasteiger partial charge in [-0.2, -0.15) is 5.10 Å². The van der Waals surface area contributed by atoms with Crippen LogP contribution in [0, 0.1) is 0 Å². The fourth-order valence-electron chi connectivity index (χ4n) is 3.08. The number of esters is 1. The van der Waals surface area contributed by atoms with Crippen LogP contribution in [0.25, 0.3) is 0 Å². The number of amides is 3. The predicted octanol–water partition coefficient (Wildman–Crippen LogP) is 2.13. The zero-order valence-corrected chi connectivity index (χ0v) is 17.3. The monoisotopic (exact) mass is 416 g/mol. The van der Waals surface area contributed by atoms with Crippen molar-refractivity contribution in [3.63, 3.8) is 0 Å². The first-order valence-electron chi connectivity index (χ1n) is 10.1. The highest BCUT2D eigenvalue weighted by Gasteiger charge is 2.20. The maximum absolute atomic E-state index is 12.1. The van der Waals surface area contributed by atoms with Crippen molar-refractivity contribution in [2.24, 2.45) is 5.10 Å². The summed E-state index contributed by atoms with van der Waals surface area (Å²) in [5.74, 6) is -2.35. The Labute approximate surface area is 175 Å². The van der Waals surface area contributed by atoms with E-state index in [1.807, 2.05) is 0 Å². The summed E-state index contributed by atoms with van der Waals surface area (Å²) < 4.78 is 4.90. The van der Waals surface area contributed by atoms with E-state index in [0.29, 0.717) is 17.0 Å². The number of nitrogens with one attached hydrogen (secondary N) is 3. The van der Waals surface area contributed by atoms with E-state index in [1.54, 1.807) is 38.1 Å². The Morgan fingerprint density at radius 2 is 1.70 bits per heavy atom. The van der Waals surface area contributed by atoms with Gasteiger partial charge in [0.2, 0.25) is 5.91 Å². The first-order chi connectivity index (χ1) is 14.4. The summed E-state index contributed by atoms with van der Waals surface area (Å²) in [6.45, 7) is 3.58. The maximum Gasteiger partial charge on any atom is 0.338 e. The molecule has 0 bridgehead atoms. The Morgan fingerprint density at radius 1 is 1.03 bits per heavy atom. The molecule has 9 heteroatoms. The topological polar surface area (TPSA) is 126 Å². The molecule has 3 amide bonds. The van der Waals surface area contributed by atoms with Crippen LogP contribution in [0.3, 0.4) is 0 Å². The highest BCUT2D eigenvalue weighted by Crippen LogP contribution is 2.17. The van der Waals surface area contributed by atoms with Crippen LogP contribution in [-0.4, -0.2) is 42.1 Å². The van der Waals surface area contributed by atoms with E-state index in [1.165, 1.54) is 0 Å². The number of benzene rings is 1. The molecule has 1 aliphatic rings. The second-order valence-electron chi connectivity index (χ2n) is 7.12. The van der Waals surface area contributed by atoms with E-state index in [-0.39, 0.29) is 25.0 Å². The first kappa shape index (κ1) is 23.1. The largest absolute Gasteiger partial charge is 0.462 e. The number of hydrogen-bond donors (Lipinski definition) is 3. The van der Waals surface area contributed by atoms with Gasteiger partial charge in [0.15, 0.2) is 0 Å². The van der Waals surface area contributed by atoms with Crippen LogP contribution < -0.4 is 16.1 Å². The molecule has 0 radical (unpaired) electrons. The molecule has 1 fully saturated rings. The lowest BCUT2D eigenvalue weighted by Gasteiger charge is -2.22. The molecule has 0 aromatic heterocycles. The molecule has 0 unspecified atom stereocenters. The molecule has 0 aliphatic heterocycles. The lowest BCUT2D eigenvalue weighted by molar-refractivity contribution is -0.139. The number of ether oxygens (including phenoxy) is 1. The minimum absolute atomic E-state index is 0.0306. The third-order valence-corrected chi connectivity index (χ3v) is 4.59. The second kappa shape index (κ2) is 11.7. The standard InChI is InChI=1S/C21H28N4O5/c1-3-30-21(29)15-9-11-17(12-10-15)22-18(26)13-14(2)24-25-20(28)19(27)23-16-7-5-4-6-8-16/h9-12,16H,3-8,13H2,1-2H3,(H,22,26)(H,23,27)(H,25,28). The molecular formula is C21H28N4O5. The van der Waals surface area contributed by atoms with Crippen LogP contribution in [0.2, 0.25) is 0 Å². The lowest BCUT2D eigenvalue weighted by Crippen LogP contribution is -2.44. The summed E-state index contributed by atoms with van der Waals surface area (Å²) in [6, 6.07) is 6.32. The van der Waals surface area contributed by atoms with Crippen LogP contribution in [-0.2, 0) is 19.1 Å². The molecule has 9 nitrogen and oxygen atoms in total. The molecule has 0 heterocycles. The molecule has 0 spiro atoms. The molecule has 3 N–H and O–H groups in total. The predicted molar refractivity (Wildman–Crippen MR) is 112 cm³/mol. The average Bonchev–Trinajstić information content (AvgIpc) is 2.73. The Kier molecular flexibility index (Phi) is 8.99. The molecule has 1 saturated carbocycles. The zero-order valence-electron chi connectivity index (χ0n) is 17.3. The minimum atomic E-state index is -0.852. The molecule has 1 aromatic rings. The third kappa shape index (κ3) is 7.65. The van der Waals surface area contributed by atoms with Crippen LogP contribution in [0.5, 0.6) is 0 Å². The summed E-state index contributed by atoms with van der Waals surface area (Å²) in [5, 5.41) is 9.19. The van der Waals surface area contributed by atoms with Crippen LogP contribution in [0.1, 0.15) is 62.7 Å². The summed E-state index contributed by atoms with van der Waals surface area (Å²) >= 11 is 0. The minimum Gasteiger partial charge on any atom is -0.462 e. The summed E-state index contributed by atoms with van der Waals surface area (Å²) in [4.78, 5) is 47.5. The summed E-state index contributed by atoms with van der Waals surface area (Å²) in [7, 11) is 0. The number of carbonyl (C=O) groups is 4. The zero-order chi connectivity index (χ0) is 21.9. The van der Waals surface area contributed by atoms with Gasteiger partial charge in [-0.3, -0.25) is 14.4 Å². The fraction of sp³-hybridized carbons (Fsp3) is 0.476. The van der Waals surface area contributed by atoms with Crippen molar-refractivity contribution >= 4 is 35.1 Å². The highest BCUT2D eigenvalue weighted by atomic mass is 16.5. The molecule has 1 aliphatic carbocycles. The van der Waals surface area contributed by atoms with Gasteiger partial charge < -0.3 is 15.4 Å². The van der Waals surface area contributed by atoms with E-state index in [9.17, 15) is 19.2 Å². The lowest BCUT2D eigenvalue weighted by atomic mass is 9.95. The quantitative estimate of drug-likeness (QED) is 0.272. The number of carbonyl (C=O) groups excluding carboxylic acids is 4. The van der Waals surface area contributed by atoms with Crippen LogP contribution >= 0.6 is 0 Å². The van der Waals surface area contributed by atoms with Crippen molar-refractivity contribution < 1.29 is 23.9 Å². The highest BCUT2D eigenvalue weighted by molar-refractivity contribution is 6.35. The van der Waals surface area contributed by atoms with Crippen LogP contribution in [0.4, 0.5) is 5.69 Å². The van der Waals surface area contributed by atoms with Crippen molar-refractivity contribution in [2.75, 3.05) is 11.9 Å². The van der Waals surface area contributed by atoms with Gasteiger partial charge >= 0.3 is 17.8 Å². The second-order valence-corrected chi connectivity index (χ2v) is 7.12. The van der Waals surface area contributed by atoms with Crippen molar-refractivity contribution in [1.29, 1.82) is 0 Å². The van der Waals surface area contributed by atoms with Gasteiger partial charge in [-0.25, -0.2) is 10.2 Å². The number of nitrogens with zero attached hydrogens (tertiary/aromatic N) is 1. The Bertz CT molecular complexity index is 798. The molecular weight excluding hydrogens is 388 g/mol. The summed E-state index contributed by atoms with van der Waals surface area (Å²) in [5.41, 5.74) is 3.42. The van der Waals surface area contributed by atoms with Gasteiger partial charge in [0.05, 0.1) is 18.6 Å². The van der Waals surface area contributed by atoms with E-state index in [2.05, 4.69) is 21.2 Å². The smallest absolute Gasteiger partial charge is 0.338 e. The molecule has 2 rings (SSSR count). The number of anilines is 1. The van der Waals surface area contributed by atoms with Gasteiger partial charge in [-0.05, 0) is 51.0 Å². The molecule has 30 heavy (non-hydrogen) atoms. The third-order valence-electron chi connectivity index (χ3n) is 4.59. The average molecular weight is 416 g/mol. The Balaban J connectivity index is 1.77. The maximum atomic E-state index is 12.1. The van der Waals surface area contributed by atoms with Crippen molar-refractivity contribution in [3.8, 4) is 0 Å². The van der Waals surface area contributed by atoms with Crippen molar-refractivity contribution in [1.82, 2.24) is 10.7 Å². The van der Waals surface area contributed by atoms with Gasteiger partial charge in [0, 0.05) is 17.4 Å². The number of hydrogen-bond acceptors (Lipinski definition) is 6. The normalized spacial score (nSPS) is 14.5. The van der Waals surface area contributed by atoms with Crippen LogP contribution in [0.15, 0.2) is 29.4 Å². The van der Waals surface area contributed by atoms with E-state index in [0.717, 1.165) is 32.1 Å². The van der Waals surface area contributed by atoms with Gasteiger partial charge in [-0.1, -0.05) is 19.3 Å². The van der Waals surface area contributed by atoms with E-state index >= 15 is 0 Å². The van der Waals surface area contributed by atoms with Crippen molar-refractivity contribution in [2.45, 2.75) is 58.4 Å². The van der Waals surface area contributed by atoms with Gasteiger partial charge in [0.25, 0.3) is 0 Å². The SMILES string of the molecule is CCOC(=O)c1ccc(NC(=O)CC(C)=NNC(=O)C(=O)NC2CCCCC2)cc1. The number of rotatable bonds is 7. The molecule has 162 valence electrons.